The molecule has 1 saturated carbocycles. The largest absolute Gasteiger partial charge is 0.395 e. The van der Waals surface area contributed by atoms with E-state index >= 15 is 0 Å². The van der Waals surface area contributed by atoms with E-state index in [1.165, 1.54) is 12.8 Å². The monoisotopic (exact) mass is 282 g/mol. The molecular weight excluding hydrogens is 256 g/mol. The number of nitrogens with zero attached hydrogens (tertiary/aromatic N) is 2. The molecule has 2 amide bonds. The van der Waals surface area contributed by atoms with Crippen LogP contribution in [0.25, 0.3) is 0 Å². The van der Waals surface area contributed by atoms with E-state index in [1.54, 1.807) is 6.92 Å². The zero-order valence-electron chi connectivity index (χ0n) is 12.4. The highest BCUT2D eigenvalue weighted by Crippen LogP contribution is 2.27. The van der Waals surface area contributed by atoms with E-state index in [1.807, 2.05) is 9.80 Å². The van der Waals surface area contributed by atoms with Crippen LogP contribution in [-0.2, 0) is 9.59 Å². The molecule has 0 bridgehead atoms. The second-order valence-corrected chi connectivity index (χ2v) is 5.97. The van der Waals surface area contributed by atoms with Crippen LogP contribution in [0.15, 0.2) is 0 Å². The van der Waals surface area contributed by atoms with E-state index < -0.39 is 0 Å². The normalized spacial score (nSPS) is 21.2. The standard InChI is InChI=1S/C15H26N2O3/c1-12(19)16-8-6-13(7-9-16)15(20)17(10-11-18)14-4-2-3-5-14/h13-14,18H,2-11H2,1H3. The van der Waals surface area contributed by atoms with Crippen molar-refractivity contribution in [2.75, 3.05) is 26.2 Å². The van der Waals surface area contributed by atoms with Gasteiger partial charge in [-0.05, 0) is 25.7 Å². The summed E-state index contributed by atoms with van der Waals surface area (Å²) in [6.07, 6.45) is 6.02. The minimum atomic E-state index is 0.0257. The molecule has 0 aromatic rings. The molecule has 1 aliphatic carbocycles. The van der Waals surface area contributed by atoms with E-state index in [0.717, 1.165) is 25.7 Å². The number of amides is 2. The number of hydrogen-bond acceptors (Lipinski definition) is 3. The fourth-order valence-corrected chi connectivity index (χ4v) is 3.47. The zero-order chi connectivity index (χ0) is 14.5. The lowest BCUT2D eigenvalue weighted by Gasteiger charge is -2.36. The van der Waals surface area contributed by atoms with Crippen LogP contribution in [0.1, 0.15) is 45.4 Å². The first-order chi connectivity index (χ1) is 9.63. The summed E-state index contributed by atoms with van der Waals surface area (Å²) in [7, 11) is 0. The van der Waals surface area contributed by atoms with Crippen LogP contribution in [0.4, 0.5) is 0 Å². The molecule has 0 unspecified atom stereocenters. The van der Waals surface area contributed by atoms with Crippen LogP contribution < -0.4 is 0 Å². The van der Waals surface area contributed by atoms with Crippen molar-refractivity contribution in [1.82, 2.24) is 9.80 Å². The van der Waals surface area contributed by atoms with Crippen LogP contribution in [0.5, 0.6) is 0 Å². The van der Waals surface area contributed by atoms with Gasteiger partial charge in [-0.15, -0.1) is 0 Å². The Bertz CT molecular complexity index is 345. The van der Waals surface area contributed by atoms with Crippen molar-refractivity contribution in [1.29, 1.82) is 0 Å². The Morgan fingerprint density at radius 2 is 1.75 bits per heavy atom. The van der Waals surface area contributed by atoms with Crippen molar-refractivity contribution in [3.8, 4) is 0 Å². The Morgan fingerprint density at radius 3 is 2.25 bits per heavy atom. The maximum absolute atomic E-state index is 12.7. The van der Waals surface area contributed by atoms with Crippen molar-refractivity contribution >= 4 is 11.8 Å². The molecule has 114 valence electrons. The molecule has 20 heavy (non-hydrogen) atoms. The van der Waals surface area contributed by atoms with E-state index in [4.69, 9.17) is 0 Å². The van der Waals surface area contributed by atoms with Crippen molar-refractivity contribution in [3.05, 3.63) is 0 Å². The van der Waals surface area contributed by atoms with E-state index in [0.29, 0.717) is 25.7 Å². The summed E-state index contributed by atoms with van der Waals surface area (Å²) in [5.74, 6) is 0.311. The molecule has 0 radical (unpaired) electrons. The Morgan fingerprint density at radius 1 is 1.15 bits per heavy atom. The molecule has 2 rings (SSSR count). The van der Waals surface area contributed by atoms with Gasteiger partial charge in [-0.25, -0.2) is 0 Å². The van der Waals surface area contributed by atoms with Crippen molar-refractivity contribution in [2.24, 2.45) is 5.92 Å². The molecule has 1 aliphatic heterocycles. The highest BCUT2D eigenvalue weighted by molar-refractivity contribution is 5.80. The Balaban J connectivity index is 1.92. The fraction of sp³-hybridized carbons (Fsp3) is 0.867. The summed E-state index contributed by atoms with van der Waals surface area (Å²) in [6.45, 7) is 3.44. The van der Waals surface area contributed by atoms with Crippen molar-refractivity contribution in [3.63, 3.8) is 0 Å². The first-order valence-electron chi connectivity index (χ1n) is 7.80. The Hall–Kier alpha value is -1.10. The second-order valence-electron chi connectivity index (χ2n) is 5.97. The average molecular weight is 282 g/mol. The molecule has 1 N–H and O–H groups in total. The molecule has 2 aliphatic rings. The van der Waals surface area contributed by atoms with Gasteiger partial charge in [0.25, 0.3) is 0 Å². The third-order valence-corrected chi connectivity index (χ3v) is 4.68. The fourth-order valence-electron chi connectivity index (χ4n) is 3.47. The van der Waals surface area contributed by atoms with Gasteiger partial charge in [0.1, 0.15) is 0 Å². The topological polar surface area (TPSA) is 60.9 Å². The van der Waals surface area contributed by atoms with Gasteiger partial charge in [0, 0.05) is 38.5 Å². The number of piperidine rings is 1. The summed E-state index contributed by atoms with van der Waals surface area (Å²) >= 11 is 0. The lowest BCUT2D eigenvalue weighted by Crippen LogP contribution is -2.47. The first-order valence-corrected chi connectivity index (χ1v) is 7.80. The van der Waals surface area contributed by atoms with E-state index in [-0.39, 0.29) is 24.3 Å². The molecule has 1 saturated heterocycles. The number of aliphatic hydroxyl groups excluding tert-OH is 1. The van der Waals surface area contributed by atoms with E-state index in [9.17, 15) is 14.7 Å². The minimum Gasteiger partial charge on any atom is -0.395 e. The summed E-state index contributed by atoms with van der Waals surface area (Å²) < 4.78 is 0. The predicted molar refractivity (Wildman–Crippen MR) is 76.0 cm³/mol. The SMILES string of the molecule is CC(=O)N1CCC(C(=O)N(CCO)C2CCCC2)CC1. The van der Waals surface area contributed by atoms with Gasteiger partial charge in [-0.1, -0.05) is 12.8 Å². The van der Waals surface area contributed by atoms with Crippen molar-refractivity contribution in [2.45, 2.75) is 51.5 Å². The molecule has 0 aromatic carbocycles. The average Bonchev–Trinajstić information content (AvgIpc) is 2.98. The van der Waals surface area contributed by atoms with Crippen LogP contribution in [-0.4, -0.2) is 59.0 Å². The number of carbonyl (C=O) groups is 2. The highest BCUT2D eigenvalue weighted by atomic mass is 16.3. The quantitative estimate of drug-likeness (QED) is 0.837. The molecule has 5 nitrogen and oxygen atoms in total. The number of hydrogen-bond donors (Lipinski definition) is 1. The maximum Gasteiger partial charge on any atom is 0.226 e. The first kappa shape index (κ1) is 15.3. The lowest BCUT2D eigenvalue weighted by molar-refractivity contribution is -0.142. The lowest BCUT2D eigenvalue weighted by atomic mass is 9.94. The molecule has 2 fully saturated rings. The Labute approximate surface area is 120 Å². The predicted octanol–water partition coefficient (Wildman–Crippen LogP) is 1.01. The maximum atomic E-state index is 12.7. The molecule has 5 heteroatoms. The smallest absolute Gasteiger partial charge is 0.226 e. The van der Waals surface area contributed by atoms with Gasteiger partial charge in [0.2, 0.25) is 11.8 Å². The van der Waals surface area contributed by atoms with Gasteiger partial charge in [-0.2, -0.15) is 0 Å². The van der Waals surface area contributed by atoms with Gasteiger partial charge >= 0.3 is 0 Å². The highest BCUT2D eigenvalue weighted by Gasteiger charge is 2.33. The number of aliphatic hydroxyl groups is 1. The summed E-state index contributed by atoms with van der Waals surface area (Å²) in [5, 5.41) is 9.21. The summed E-state index contributed by atoms with van der Waals surface area (Å²) in [5.41, 5.74) is 0. The third-order valence-electron chi connectivity index (χ3n) is 4.68. The molecular formula is C15H26N2O3. The molecule has 0 atom stereocenters. The van der Waals surface area contributed by atoms with Gasteiger partial charge < -0.3 is 14.9 Å². The summed E-state index contributed by atoms with van der Waals surface area (Å²) in [4.78, 5) is 27.7. The molecule has 1 heterocycles. The van der Waals surface area contributed by atoms with Gasteiger partial charge in [-0.3, -0.25) is 9.59 Å². The van der Waals surface area contributed by atoms with E-state index in [2.05, 4.69) is 0 Å². The van der Waals surface area contributed by atoms with Crippen molar-refractivity contribution < 1.29 is 14.7 Å². The second kappa shape index (κ2) is 7.07. The number of rotatable bonds is 4. The third kappa shape index (κ3) is 3.51. The zero-order valence-corrected chi connectivity index (χ0v) is 12.4. The van der Waals surface area contributed by atoms with Gasteiger partial charge in [0.05, 0.1) is 6.61 Å². The van der Waals surface area contributed by atoms with Crippen LogP contribution in [0, 0.1) is 5.92 Å². The molecule has 0 aromatic heterocycles. The van der Waals surface area contributed by atoms with Crippen LogP contribution >= 0.6 is 0 Å². The Kier molecular flexibility index (Phi) is 5.40. The molecule has 0 spiro atoms. The van der Waals surface area contributed by atoms with Gasteiger partial charge in [0.15, 0.2) is 0 Å². The van der Waals surface area contributed by atoms with Crippen LogP contribution in [0.3, 0.4) is 0 Å². The summed E-state index contributed by atoms with van der Waals surface area (Å²) in [6, 6.07) is 0.320. The minimum absolute atomic E-state index is 0.0257. The number of likely N-dealkylation sites (tertiary alicyclic amines) is 1. The number of carbonyl (C=O) groups excluding carboxylic acids is 2. The van der Waals surface area contributed by atoms with Crippen LogP contribution in [0.2, 0.25) is 0 Å².